The molecule has 0 spiro atoms. The molecule has 4 atom stereocenters. The molecule has 10 heteroatoms. The van der Waals surface area contributed by atoms with E-state index < -0.39 is 0 Å². The van der Waals surface area contributed by atoms with Crippen LogP contribution in [0.15, 0.2) is 30.3 Å². The van der Waals surface area contributed by atoms with Gasteiger partial charge in [0.05, 0.1) is 37.5 Å². The van der Waals surface area contributed by atoms with Gasteiger partial charge in [0.15, 0.2) is 11.5 Å². The Bertz CT molecular complexity index is 1240. The molecule has 1 amide bonds. The first-order valence-electron chi connectivity index (χ1n) is 15.7. The van der Waals surface area contributed by atoms with Crippen LogP contribution in [0.3, 0.4) is 0 Å². The lowest BCUT2D eigenvalue weighted by molar-refractivity contribution is -0.0187. The lowest BCUT2D eigenvalue weighted by atomic mass is 10.0. The number of hydrogen-bond donors (Lipinski definition) is 0. The highest BCUT2D eigenvalue weighted by Crippen LogP contribution is 2.42. The van der Waals surface area contributed by atoms with Crippen LogP contribution in [0.2, 0.25) is 0 Å². The van der Waals surface area contributed by atoms with E-state index in [4.69, 9.17) is 28.4 Å². The second-order valence-electron chi connectivity index (χ2n) is 12.4. The molecule has 10 nitrogen and oxygen atoms in total. The van der Waals surface area contributed by atoms with E-state index in [0.717, 1.165) is 30.5 Å². The lowest BCUT2D eigenvalue weighted by Gasteiger charge is -2.36. The molecule has 0 unspecified atom stereocenters. The summed E-state index contributed by atoms with van der Waals surface area (Å²) >= 11 is 0. The Morgan fingerprint density at radius 2 is 1.84 bits per heavy atom. The Morgan fingerprint density at radius 1 is 1.05 bits per heavy atom. The summed E-state index contributed by atoms with van der Waals surface area (Å²) < 4.78 is 35.2. The maximum Gasteiger partial charge on any atom is 0.258 e. The summed E-state index contributed by atoms with van der Waals surface area (Å²) in [6.45, 7) is 9.43. The van der Waals surface area contributed by atoms with Crippen LogP contribution in [0.5, 0.6) is 23.0 Å². The summed E-state index contributed by atoms with van der Waals surface area (Å²) in [6.07, 6.45) is 2.67. The van der Waals surface area contributed by atoms with E-state index in [-0.39, 0.29) is 36.9 Å². The highest BCUT2D eigenvalue weighted by Gasteiger charge is 2.31. The fourth-order valence-electron chi connectivity index (χ4n) is 5.84. The predicted octanol–water partition coefficient (Wildman–Crippen LogP) is 5.07. The van der Waals surface area contributed by atoms with Crippen molar-refractivity contribution >= 4 is 11.6 Å². The number of hydrogen-bond acceptors (Lipinski definition) is 9. The Balaban J connectivity index is 1.59. The minimum absolute atomic E-state index is 0.0286. The van der Waals surface area contributed by atoms with Crippen LogP contribution in [0.4, 0.5) is 5.69 Å². The number of amides is 1. The van der Waals surface area contributed by atoms with Gasteiger partial charge in [-0.25, -0.2) is 0 Å². The molecular weight excluding hydrogens is 562 g/mol. The fraction of sp³-hybridized carbons (Fsp3) is 0.618. The van der Waals surface area contributed by atoms with E-state index in [2.05, 4.69) is 25.8 Å². The van der Waals surface area contributed by atoms with E-state index in [1.807, 2.05) is 61.2 Å². The fourth-order valence-corrected chi connectivity index (χ4v) is 5.84. The molecule has 0 bridgehead atoms. The van der Waals surface area contributed by atoms with Crippen LogP contribution >= 0.6 is 0 Å². The second kappa shape index (κ2) is 15.7. The quantitative estimate of drug-likeness (QED) is 0.385. The molecule has 0 aliphatic carbocycles. The Labute approximate surface area is 263 Å². The molecule has 0 saturated heterocycles. The summed E-state index contributed by atoms with van der Waals surface area (Å²) in [7, 11) is 9.35. The Morgan fingerprint density at radius 3 is 2.57 bits per heavy atom. The maximum absolute atomic E-state index is 14.4. The highest BCUT2D eigenvalue weighted by atomic mass is 16.7. The smallest absolute Gasteiger partial charge is 0.258 e. The van der Waals surface area contributed by atoms with Gasteiger partial charge in [0.2, 0.25) is 12.5 Å². The van der Waals surface area contributed by atoms with Crippen molar-refractivity contribution in [2.45, 2.75) is 64.8 Å². The molecule has 0 saturated carbocycles. The molecule has 2 heterocycles. The van der Waals surface area contributed by atoms with E-state index in [1.54, 1.807) is 14.2 Å². The van der Waals surface area contributed by atoms with Crippen LogP contribution in [0, 0.1) is 5.92 Å². The number of anilines is 1. The Kier molecular flexibility index (Phi) is 12.0. The third-order valence-electron chi connectivity index (χ3n) is 8.36. The molecule has 2 aromatic rings. The summed E-state index contributed by atoms with van der Waals surface area (Å²) in [5.41, 5.74) is 2.58. The van der Waals surface area contributed by atoms with Crippen molar-refractivity contribution in [3.05, 3.63) is 41.5 Å². The monoisotopic (exact) mass is 613 g/mol. The number of rotatable bonds is 9. The number of methoxy groups -OCH3 is 2. The molecule has 244 valence electrons. The van der Waals surface area contributed by atoms with Crippen LogP contribution in [0.25, 0.3) is 0 Å². The van der Waals surface area contributed by atoms with Crippen molar-refractivity contribution in [1.29, 1.82) is 0 Å². The second-order valence-corrected chi connectivity index (χ2v) is 12.4. The van der Waals surface area contributed by atoms with Crippen molar-refractivity contribution in [1.82, 2.24) is 9.80 Å². The van der Waals surface area contributed by atoms with Gasteiger partial charge >= 0.3 is 0 Å². The Hall–Kier alpha value is -3.21. The number of likely N-dealkylation sites (N-methyl/N-ethyl adjacent to an activating group) is 1. The van der Waals surface area contributed by atoms with Crippen molar-refractivity contribution in [3.63, 3.8) is 0 Å². The van der Waals surface area contributed by atoms with Crippen molar-refractivity contribution in [2.24, 2.45) is 5.92 Å². The first kappa shape index (κ1) is 33.7. The number of nitrogens with zero attached hydrogens (tertiary/aromatic N) is 3. The number of benzene rings is 2. The van der Waals surface area contributed by atoms with Gasteiger partial charge < -0.3 is 38.2 Å². The van der Waals surface area contributed by atoms with Gasteiger partial charge in [-0.3, -0.25) is 9.69 Å². The molecule has 0 aromatic heterocycles. The summed E-state index contributed by atoms with van der Waals surface area (Å²) in [6, 6.07) is 9.74. The first-order chi connectivity index (χ1) is 21.1. The average molecular weight is 614 g/mol. The van der Waals surface area contributed by atoms with Gasteiger partial charge in [-0.1, -0.05) is 6.92 Å². The van der Waals surface area contributed by atoms with Crippen molar-refractivity contribution in [2.75, 3.05) is 73.4 Å². The SMILES string of the molecule is COC[C@H](C)N1C[C@@H](C)[C@H](CN(C)Cc2cc(OC)c3c(c2)OCO3)OCCCC[C@H](C)Oc2ccc(N(C)C)cc2C1=O. The zero-order chi connectivity index (χ0) is 31.8. The van der Waals surface area contributed by atoms with Gasteiger partial charge in [-0.15, -0.1) is 0 Å². The molecule has 0 radical (unpaired) electrons. The molecule has 44 heavy (non-hydrogen) atoms. The normalized spacial score (nSPS) is 21.8. The summed E-state index contributed by atoms with van der Waals surface area (Å²) in [5, 5.41) is 0. The van der Waals surface area contributed by atoms with Crippen molar-refractivity contribution in [3.8, 4) is 23.0 Å². The third-order valence-corrected chi connectivity index (χ3v) is 8.36. The van der Waals surface area contributed by atoms with Gasteiger partial charge in [-0.05, 0) is 76.1 Å². The molecule has 0 N–H and O–H groups in total. The van der Waals surface area contributed by atoms with E-state index in [9.17, 15) is 4.79 Å². The zero-order valence-electron chi connectivity index (χ0n) is 27.8. The van der Waals surface area contributed by atoms with Crippen LogP contribution in [0.1, 0.15) is 56.0 Å². The van der Waals surface area contributed by atoms with Crippen molar-refractivity contribution < 1.29 is 33.2 Å². The third kappa shape index (κ3) is 8.49. The van der Waals surface area contributed by atoms with Crippen LogP contribution in [-0.2, 0) is 16.0 Å². The molecule has 0 fully saturated rings. The predicted molar refractivity (Wildman–Crippen MR) is 171 cm³/mol. The molecule has 4 rings (SSSR count). The molecule has 2 aromatic carbocycles. The number of ether oxygens (including phenoxy) is 6. The van der Waals surface area contributed by atoms with Gasteiger partial charge in [0.25, 0.3) is 5.91 Å². The topological polar surface area (TPSA) is 82.2 Å². The van der Waals surface area contributed by atoms with E-state index in [1.165, 1.54) is 0 Å². The van der Waals surface area contributed by atoms with Gasteiger partial charge in [0, 0.05) is 59.1 Å². The zero-order valence-corrected chi connectivity index (χ0v) is 27.8. The molecule has 2 aliphatic rings. The average Bonchev–Trinajstić information content (AvgIpc) is 3.46. The minimum atomic E-state index is -0.143. The van der Waals surface area contributed by atoms with Gasteiger partial charge in [-0.2, -0.15) is 0 Å². The van der Waals surface area contributed by atoms with E-state index >= 15 is 0 Å². The number of carbonyl (C=O) groups excluding carboxylic acids is 1. The minimum Gasteiger partial charge on any atom is -0.493 e. The molecular formula is C34H51N3O7. The molecule has 2 aliphatic heterocycles. The number of fused-ring (bicyclic) bond motifs is 2. The highest BCUT2D eigenvalue weighted by molar-refractivity contribution is 5.98. The van der Waals surface area contributed by atoms with Crippen LogP contribution in [-0.4, -0.2) is 102 Å². The van der Waals surface area contributed by atoms with E-state index in [0.29, 0.717) is 61.4 Å². The largest absolute Gasteiger partial charge is 0.493 e. The lowest BCUT2D eigenvalue weighted by Crippen LogP contribution is -2.47. The summed E-state index contributed by atoms with van der Waals surface area (Å²) in [4.78, 5) is 20.5. The first-order valence-corrected chi connectivity index (χ1v) is 15.7. The number of carbonyl (C=O) groups is 1. The van der Waals surface area contributed by atoms with Gasteiger partial charge in [0.1, 0.15) is 5.75 Å². The van der Waals surface area contributed by atoms with Crippen LogP contribution < -0.4 is 23.8 Å². The summed E-state index contributed by atoms with van der Waals surface area (Å²) in [5.74, 6) is 2.63. The maximum atomic E-state index is 14.4. The standard InChI is InChI=1S/C34H51N3O7/c1-23-18-37(24(2)21-39-7)34(38)28-17-27(35(4)5)12-13-29(28)44-25(3)11-9-10-14-41-32(23)20-36(6)19-26-15-30(40-8)33-31(16-26)42-22-43-33/h12-13,15-17,23-25,32H,9-11,14,18-22H2,1-8H3/t23-,24+,25+,32+/m1/s1.